The molecule has 0 aromatic heterocycles. The van der Waals surface area contributed by atoms with Crippen molar-refractivity contribution in [3.8, 4) is 23.0 Å². The van der Waals surface area contributed by atoms with E-state index in [1.54, 1.807) is 52.0 Å². The second kappa shape index (κ2) is 6.86. The molecule has 2 aromatic carbocycles. The van der Waals surface area contributed by atoms with Crippen LogP contribution < -0.4 is 14.2 Å². The third kappa shape index (κ3) is 3.31. The molecule has 0 aliphatic carbocycles. The van der Waals surface area contributed by atoms with Gasteiger partial charge in [0.05, 0.1) is 17.6 Å². The van der Waals surface area contributed by atoms with E-state index in [0.717, 1.165) is 16.7 Å². The van der Waals surface area contributed by atoms with Crippen LogP contribution in [-0.4, -0.2) is 44.5 Å². The number of benzene rings is 2. The summed E-state index contributed by atoms with van der Waals surface area (Å²) >= 11 is 0. The lowest BCUT2D eigenvalue weighted by molar-refractivity contribution is -0.0254. The van der Waals surface area contributed by atoms with Gasteiger partial charge in [0.25, 0.3) is 0 Å². The molecule has 3 N–H and O–H groups in total. The molecular weight excluding hydrogens is 412 g/mol. The van der Waals surface area contributed by atoms with E-state index >= 15 is 0 Å². The van der Waals surface area contributed by atoms with Crippen LogP contribution in [0, 0.1) is 0 Å². The van der Waals surface area contributed by atoms with Crippen LogP contribution in [0.2, 0.25) is 0 Å². The summed E-state index contributed by atoms with van der Waals surface area (Å²) in [6, 6.07) is 6.61. The monoisotopic (exact) mass is 440 g/mol. The summed E-state index contributed by atoms with van der Waals surface area (Å²) in [5.41, 5.74) is 0.466. The van der Waals surface area contributed by atoms with E-state index in [4.69, 9.17) is 14.2 Å². The van der Waals surface area contributed by atoms with Gasteiger partial charge >= 0.3 is 0 Å². The Bertz CT molecular complexity index is 1090. The largest absolute Gasteiger partial charge is 0.508 e. The Morgan fingerprint density at radius 1 is 0.781 bits per heavy atom. The number of rotatable bonds is 3. The first kappa shape index (κ1) is 21.1. The molecule has 170 valence electrons. The molecule has 0 saturated carbocycles. The Labute approximate surface area is 186 Å². The van der Waals surface area contributed by atoms with Crippen molar-refractivity contribution in [1.82, 2.24) is 0 Å². The lowest BCUT2D eigenvalue weighted by atomic mass is 9.88. The van der Waals surface area contributed by atoms with Crippen LogP contribution in [0.15, 0.2) is 24.3 Å². The fraction of sp³-hybridized carbons (Fsp3) is 0.480. The highest BCUT2D eigenvalue weighted by Gasteiger charge is 2.48. The Balaban J connectivity index is 1.63. The van der Waals surface area contributed by atoms with Crippen molar-refractivity contribution in [2.75, 3.05) is 0 Å². The van der Waals surface area contributed by atoms with Gasteiger partial charge in [0.1, 0.15) is 46.9 Å². The van der Waals surface area contributed by atoms with Crippen LogP contribution >= 0.6 is 0 Å². The van der Waals surface area contributed by atoms with Gasteiger partial charge in [-0.1, -0.05) is 12.1 Å². The molecule has 0 unspecified atom stereocenters. The third-order valence-corrected chi connectivity index (χ3v) is 6.60. The molecule has 0 saturated heterocycles. The number of carbonyl (C=O) groups excluding carboxylic acids is 1. The van der Waals surface area contributed by atoms with Gasteiger partial charge in [-0.15, -0.1) is 0 Å². The molecule has 0 radical (unpaired) electrons. The number of carbonyl (C=O) groups is 1. The van der Waals surface area contributed by atoms with Crippen molar-refractivity contribution in [2.45, 2.75) is 76.5 Å². The Kier molecular flexibility index (Phi) is 4.52. The van der Waals surface area contributed by atoms with Crippen molar-refractivity contribution < 1.29 is 34.3 Å². The lowest BCUT2D eigenvalue weighted by Gasteiger charge is -2.29. The Morgan fingerprint density at radius 3 is 1.81 bits per heavy atom. The summed E-state index contributed by atoms with van der Waals surface area (Å²) in [7, 11) is 0. The molecule has 32 heavy (non-hydrogen) atoms. The van der Waals surface area contributed by atoms with Gasteiger partial charge in [-0.2, -0.15) is 0 Å². The lowest BCUT2D eigenvalue weighted by Crippen LogP contribution is -2.40. The summed E-state index contributed by atoms with van der Waals surface area (Å²) in [4.78, 5) is 13.4. The number of phenolic OH excluding ortho intramolecular Hbond substituents is 1. The Hall–Kier alpha value is -2.77. The Morgan fingerprint density at radius 2 is 1.28 bits per heavy atom. The van der Waals surface area contributed by atoms with E-state index in [0.29, 0.717) is 35.7 Å². The van der Waals surface area contributed by atoms with Crippen LogP contribution in [-0.2, 0) is 12.8 Å². The molecule has 7 nitrogen and oxygen atoms in total. The van der Waals surface area contributed by atoms with Gasteiger partial charge in [-0.25, -0.2) is 0 Å². The molecule has 0 bridgehead atoms. The predicted molar refractivity (Wildman–Crippen MR) is 116 cm³/mol. The van der Waals surface area contributed by atoms with E-state index < -0.39 is 29.5 Å². The van der Waals surface area contributed by atoms with Crippen LogP contribution in [0.25, 0.3) is 0 Å². The molecular formula is C25H28O7. The van der Waals surface area contributed by atoms with E-state index in [1.165, 1.54) is 0 Å². The fourth-order valence-corrected chi connectivity index (χ4v) is 4.68. The summed E-state index contributed by atoms with van der Waals surface area (Å²) in [6.07, 6.45) is -0.596. The maximum absolute atomic E-state index is 13.4. The second-order valence-electron chi connectivity index (χ2n) is 10.1. The van der Waals surface area contributed by atoms with Gasteiger partial charge < -0.3 is 29.5 Å². The average molecular weight is 440 g/mol. The number of Topliss-reactive ketones (excluding diaryl/α,β-unsaturated/α-hetero) is 1. The maximum atomic E-state index is 13.4. The first-order chi connectivity index (χ1) is 14.9. The van der Waals surface area contributed by atoms with Crippen LogP contribution in [0.4, 0.5) is 0 Å². The third-order valence-electron chi connectivity index (χ3n) is 6.60. The minimum atomic E-state index is -1.11. The van der Waals surface area contributed by atoms with Crippen LogP contribution in [0.1, 0.15) is 67.3 Å². The van der Waals surface area contributed by atoms with Gasteiger partial charge in [0.2, 0.25) is 0 Å². The first-order valence-corrected chi connectivity index (χ1v) is 10.9. The summed E-state index contributed by atoms with van der Waals surface area (Å²) in [6.45, 7) is 6.74. The van der Waals surface area contributed by atoms with Crippen molar-refractivity contribution in [3.05, 3.63) is 46.5 Å². The molecule has 5 rings (SSSR count). The minimum Gasteiger partial charge on any atom is -0.508 e. The smallest absolute Gasteiger partial charge is 0.174 e. The normalized spacial score (nSPS) is 24.2. The van der Waals surface area contributed by atoms with Crippen LogP contribution in [0.3, 0.4) is 0 Å². The van der Waals surface area contributed by atoms with Crippen molar-refractivity contribution in [2.24, 2.45) is 0 Å². The zero-order valence-corrected chi connectivity index (χ0v) is 18.6. The zero-order chi connectivity index (χ0) is 23.0. The molecule has 0 spiro atoms. The standard InChI is InChI=1S/C25H28O7/c1-24(2,28)18-9-14-21(31-18)15-10-19(25(3,4)29)32-23(15)20-16(27)11-17(30-22(14)20)12-5-7-13(26)8-6-12/h5-8,17-19,26,28-29H,9-11H2,1-4H3/t17-,18+,19-/m1/s1. The van der Waals surface area contributed by atoms with Crippen molar-refractivity contribution in [1.29, 1.82) is 0 Å². The molecule has 0 amide bonds. The molecule has 3 aliphatic rings. The van der Waals surface area contributed by atoms with Gasteiger partial charge in [-0.05, 0) is 45.4 Å². The molecule has 7 heteroatoms. The number of phenols is 1. The number of aliphatic hydroxyl groups is 2. The van der Waals surface area contributed by atoms with Crippen LogP contribution in [0.5, 0.6) is 23.0 Å². The average Bonchev–Trinajstić information content (AvgIpc) is 3.32. The number of hydrogen-bond donors (Lipinski definition) is 3. The number of fused-ring (bicyclic) bond motifs is 6. The highest BCUT2D eigenvalue weighted by molar-refractivity contribution is 6.04. The molecule has 3 heterocycles. The molecule has 2 aromatic rings. The number of ketones is 1. The first-order valence-electron chi connectivity index (χ1n) is 10.9. The van der Waals surface area contributed by atoms with Crippen molar-refractivity contribution in [3.63, 3.8) is 0 Å². The number of ether oxygens (including phenoxy) is 3. The summed E-state index contributed by atoms with van der Waals surface area (Å²) < 4.78 is 18.7. The van der Waals surface area contributed by atoms with Gasteiger partial charge in [-0.3, -0.25) is 4.79 Å². The molecule has 3 atom stereocenters. The van der Waals surface area contributed by atoms with E-state index in [1.807, 2.05) is 0 Å². The number of aromatic hydroxyl groups is 1. The highest BCUT2D eigenvalue weighted by atomic mass is 16.5. The van der Waals surface area contributed by atoms with Crippen molar-refractivity contribution >= 4 is 5.78 Å². The maximum Gasteiger partial charge on any atom is 0.174 e. The predicted octanol–water partition coefficient (Wildman–Crippen LogP) is 3.25. The highest BCUT2D eigenvalue weighted by Crippen LogP contribution is 2.55. The SMILES string of the molecule is CC(C)(O)[C@@H]1Cc2c(c3c(c4c2O[C@@H](c2ccc(O)cc2)CC4=O)O[C@@H](C(C)(C)O)C3)O1. The summed E-state index contributed by atoms with van der Waals surface area (Å²) in [5.74, 6) is 1.46. The van der Waals surface area contributed by atoms with E-state index in [2.05, 4.69) is 0 Å². The van der Waals surface area contributed by atoms with Gasteiger partial charge in [0.15, 0.2) is 5.78 Å². The molecule has 0 fully saturated rings. The van der Waals surface area contributed by atoms with E-state index in [-0.39, 0.29) is 18.0 Å². The van der Waals surface area contributed by atoms with E-state index in [9.17, 15) is 20.1 Å². The topological polar surface area (TPSA) is 105 Å². The number of hydrogen-bond acceptors (Lipinski definition) is 7. The quantitative estimate of drug-likeness (QED) is 0.673. The zero-order valence-electron chi connectivity index (χ0n) is 18.6. The second-order valence-corrected chi connectivity index (χ2v) is 10.1. The fourth-order valence-electron chi connectivity index (χ4n) is 4.68. The summed E-state index contributed by atoms with van der Waals surface area (Å²) in [5, 5.41) is 30.8. The minimum absolute atomic E-state index is 0.105. The van der Waals surface area contributed by atoms with Gasteiger partial charge in [0, 0.05) is 24.0 Å². The molecule has 3 aliphatic heterocycles.